The number of fused-ring (bicyclic) bond motifs is 1. The van der Waals surface area contributed by atoms with E-state index in [2.05, 4.69) is 15.1 Å². The van der Waals surface area contributed by atoms with Gasteiger partial charge in [-0.2, -0.15) is 5.10 Å². The van der Waals surface area contributed by atoms with E-state index in [0.717, 1.165) is 24.3 Å². The van der Waals surface area contributed by atoms with E-state index in [1.54, 1.807) is 55.1 Å². The fourth-order valence-corrected chi connectivity index (χ4v) is 5.31. The molecule has 3 aromatic heterocycles. The maximum Gasteiger partial charge on any atom is 0.183 e. The Morgan fingerprint density at radius 2 is 1.40 bits per heavy atom. The van der Waals surface area contributed by atoms with E-state index < -0.39 is 23.3 Å². The molecule has 0 aliphatic rings. The molecule has 13 heteroatoms. The fourth-order valence-electron chi connectivity index (χ4n) is 5.31. The third kappa shape index (κ3) is 6.43. The lowest BCUT2D eigenvalue weighted by Gasteiger charge is -2.26. The van der Waals surface area contributed by atoms with E-state index in [-0.39, 0.29) is 66.3 Å². The van der Waals surface area contributed by atoms with Crippen LogP contribution in [0.15, 0.2) is 79.3 Å². The number of hydrogen-bond acceptors (Lipinski definition) is 8. The molecule has 0 atom stereocenters. The Morgan fingerprint density at radius 1 is 0.792 bits per heavy atom. The quantitative estimate of drug-likeness (QED) is 0.124. The summed E-state index contributed by atoms with van der Waals surface area (Å²) in [7, 11) is 1.43. The first-order valence-electron chi connectivity index (χ1n) is 15.1. The summed E-state index contributed by atoms with van der Waals surface area (Å²) in [6.45, 7) is 3.44. The smallest absolute Gasteiger partial charge is 0.183 e. The van der Waals surface area contributed by atoms with Crippen molar-refractivity contribution in [3.8, 4) is 28.8 Å². The molecule has 0 saturated carbocycles. The van der Waals surface area contributed by atoms with Gasteiger partial charge in [0.25, 0.3) is 0 Å². The molecule has 0 spiro atoms. The number of pyridine rings is 1. The zero-order valence-electron chi connectivity index (χ0n) is 26.3. The van der Waals surface area contributed by atoms with Crippen molar-refractivity contribution in [2.75, 3.05) is 25.2 Å². The van der Waals surface area contributed by atoms with Gasteiger partial charge in [-0.05, 0) is 32.0 Å². The van der Waals surface area contributed by atoms with Gasteiger partial charge in [-0.25, -0.2) is 27.5 Å². The normalized spacial score (nSPS) is 11.1. The van der Waals surface area contributed by atoms with Crippen LogP contribution in [-0.4, -0.2) is 45.1 Å². The summed E-state index contributed by atoms with van der Waals surface area (Å²) >= 11 is 0. The zero-order valence-corrected chi connectivity index (χ0v) is 26.3. The topological polar surface area (TPSA) is 87.4 Å². The van der Waals surface area contributed by atoms with Gasteiger partial charge >= 0.3 is 0 Å². The highest BCUT2D eigenvalue weighted by Gasteiger charge is 2.25. The fraction of sp³-hybridized carbons (Fsp3) is 0.200. The predicted molar refractivity (Wildman–Crippen MR) is 172 cm³/mol. The number of aromatic nitrogens is 5. The van der Waals surface area contributed by atoms with E-state index in [9.17, 15) is 0 Å². The molecule has 0 aliphatic heterocycles. The lowest BCUT2D eigenvalue weighted by atomic mass is 10.1. The van der Waals surface area contributed by atoms with Gasteiger partial charge in [0, 0.05) is 58.9 Å². The number of anilines is 2. The molecule has 48 heavy (non-hydrogen) atoms. The minimum absolute atomic E-state index is 0.0704. The van der Waals surface area contributed by atoms with E-state index in [0.29, 0.717) is 22.3 Å². The first kappa shape index (κ1) is 32.2. The highest BCUT2D eigenvalue weighted by atomic mass is 19.1. The van der Waals surface area contributed by atoms with Gasteiger partial charge in [0.2, 0.25) is 0 Å². The second kappa shape index (κ2) is 14.0. The van der Waals surface area contributed by atoms with Crippen molar-refractivity contribution in [3.63, 3.8) is 0 Å². The SMILES string of the molecule is CCOc1cc(F)c(CN(c2ccncc2)c2nc(-c3nn(Cc4c(F)cc(OCC)cc4F)c4ccccc34)ncc2OC)c(F)c1. The number of halogens is 4. The Hall–Kier alpha value is -5.72. The Bertz CT molecular complexity index is 2030. The van der Waals surface area contributed by atoms with Gasteiger partial charge in [0.15, 0.2) is 17.4 Å². The summed E-state index contributed by atoms with van der Waals surface area (Å²) < 4.78 is 78.4. The molecule has 6 rings (SSSR count). The molecule has 246 valence electrons. The molecule has 3 heterocycles. The summed E-state index contributed by atoms with van der Waals surface area (Å²) in [6, 6.07) is 15.0. The second-order valence-electron chi connectivity index (χ2n) is 10.5. The average molecular weight is 659 g/mol. The molecule has 0 radical (unpaired) electrons. The zero-order chi connectivity index (χ0) is 33.8. The predicted octanol–water partition coefficient (Wildman–Crippen LogP) is 7.64. The van der Waals surface area contributed by atoms with E-state index in [1.807, 2.05) is 0 Å². The molecular weight excluding hydrogens is 628 g/mol. The average Bonchev–Trinajstić information content (AvgIpc) is 3.45. The molecule has 0 bridgehead atoms. The first-order chi connectivity index (χ1) is 23.3. The van der Waals surface area contributed by atoms with E-state index in [4.69, 9.17) is 19.2 Å². The molecule has 0 aliphatic carbocycles. The molecule has 0 amide bonds. The van der Waals surface area contributed by atoms with Crippen molar-refractivity contribution in [1.29, 1.82) is 0 Å². The number of nitrogens with zero attached hydrogens (tertiary/aromatic N) is 6. The molecular formula is C35H30F4N6O3. The lowest BCUT2D eigenvalue weighted by molar-refractivity contribution is 0.334. The molecule has 0 saturated heterocycles. The Labute approximate surface area is 273 Å². The Morgan fingerprint density at radius 3 is 2.00 bits per heavy atom. The van der Waals surface area contributed by atoms with Crippen LogP contribution in [0.5, 0.6) is 17.2 Å². The van der Waals surface area contributed by atoms with Crippen molar-refractivity contribution >= 4 is 22.4 Å². The van der Waals surface area contributed by atoms with Crippen LogP contribution in [-0.2, 0) is 13.1 Å². The lowest BCUT2D eigenvalue weighted by Crippen LogP contribution is -2.21. The van der Waals surface area contributed by atoms with Crippen molar-refractivity contribution in [2.24, 2.45) is 0 Å². The van der Waals surface area contributed by atoms with Crippen LogP contribution in [0.1, 0.15) is 25.0 Å². The number of hydrogen-bond donors (Lipinski definition) is 0. The Balaban J connectivity index is 1.45. The van der Waals surface area contributed by atoms with Crippen molar-refractivity contribution in [2.45, 2.75) is 26.9 Å². The summed E-state index contributed by atoms with van der Waals surface area (Å²) in [5.41, 5.74) is 0.974. The second-order valence-corrected chi connectivity index (χ2v) is 10.5. The van der Waals surface area contributed by atoms with Crippen LogP contribution in [0.25, 0.3) is 22.4 Å². The van der Waals surface area contributed by atoms with Crippen LogP contribution in [0.3, 0.4) is 0 Å². The van der Waals surface area contributed by atoms with Crippen molar-refractivity contribution in [1.82, 2.24) is 24.7 Å². The number of rotatable bonds is 12. The molecule has 0 N–H and O–H groups in total. The van der Waals surface area contributed by atoms with Crippen LogP contribution < -0.4 is 19.1 Å². The van der Waals surface area contributed by atoms with Crippen LogP contribution >= 0.6 is 0 Å². The monoisotopic (exact) mass is 658 g/mol. The van der Waals surface area contributed by atoms with Gasteiger partial charge in [-0.3, -0.25) is 9.67 Å². The highest BCUT2D eigenvalue weighted by Crippen LogP contribution is 2.37. The maximum atomic E-state index is 15.3. The van der Waals surface area contributed by atoms with Crippen LogP contribution in [0, 0.1) is 23.3 Å². The van der Waals surface area contributed by atoms with E-state index in [1.165, 1.54) is 30.4 Å². The largest absolute Gasteiger partial charge is 0.494 e. The van der Waals surface area contributed by atoms with Crippen LogP contribution in [0.4, 0.5) is 29.1 Å². The summed E-state index contributed by atoms with van der Waals surface area (Å²) in [5.74, 6) is -2.46. The van der Waals surface area contributed by atoms with Gasteiger partial charge in [0.1, 0.15) is 40.5 Å². The number of benzene rings is 3. The highest BCUT2D eigenvalue weighted by molar-refractivity contribution is 5.92. The van der Waals surface area contributed by atoms with Gasteiger partial charge in [0.05, 0.1) is 45.1 Å². The van der Waals surface area contributed by atoms with Crippen LogP contribution in [0.2, 0.25) is 0 Å². The number of para-hydroxylation sites is 1. The summed E-state index contributed by atoms with van der Waals surface area (Å²) in [4.78, 5) is 14.9. The van der Waals surface area contributed by atoms with Crippen molar-refractivity contribution < 1.29 is 31.8 Å². The molecule has 0 fully saturated rings. The minimum Gasteiger partial charge on any atom is -0.494 e. The van der Waals surface area contributed by atoms with Gasteiger partial charge in [-0.1, -0.05) is 18.2 Å². The summed E-state index contributed by atoms with van der Waals surface area (Å²) in [5, 5.41) is 5.30. The molecule has 0 unspecified atom stereocenters. The maximum absolute atomic E-state index is 15.3. The number of ether oxygens (including phenoxy) is 3. The molecule has 6 aromatic rings. The molecule has 3 aromatic carbocycles. The Kier molecular flexibility index (Phi) is 9.37. The third-order valence-corrected chi connectivity index (χ3v) is 7.53. The van der Waals surface area contributed by atoms with Gasteiger partial charge in [-0.15, -0.1) is 0 Å². The summed E-state index contributed by atoms with van der Waals surface area (Å²) in [6.07, 6.45) is 4.50. The molecule has 9 nitrogen and oxygen atoms in total. The minimum atomic E-state index is -0.802. The number of methoxy groups -OCH3 is 1. The van der Waals surface area contributed by atoms with Crippen molar-refractivity contribution in [3.05, 3.63) is 114 Å². The third-order valence-electron chi connectivity index (χ3n) is 7.53. The standard InChI is InChI=1S/C35H30F4N6O3/c1-4-47-22-14-27(36)25(28(37)15-22)19-44(21-10-12-40-13-11-21)35-32(46-3)18-41-34(42-35)33-24-8-6-7-9-31(24)45(43-33)20-26-29(38)16-23(48-5-2)17-30(26)39/h6-18H,4-5,19-20H2,1-3H3. The first-order valence-corrected chi connectivity index (χ1v) is 15.1. The van der Waals surface area contributed by atoms with Gasteiger partial charge < -0.3 is 19.1 Å². The van der Waals surface area contributed by atoms with E-state index >= 15 is 17.6 Å².